The summed E-state index contributed by atoms with van der Waals surface area (Å²) in [4.78, 5) is 116. The maximum atomic E-state index is 15.8. The fourth-order valence-electron chi connectivity index (χ4n) is 14.7. The highest BCUT2D eigenvalue weighted by molar-refractivity contribution is 5.94. The Morgan fingerprint density at radius 3 is 2.25 bits per heavy atom. The third kappa shape index (κ3) is 18.6. The molecule has 3 aromatic rings. The van der Waals surface area contributed by atoms with Crippen LogP contribution in [0, 0.1) is 23.0 Å². The van der Waals surface area contributed by atoms with Crippen molar-refractivity contribution in [2.24, 2.45) is 11.3 Å². The number of aromatic nitrogens is 2. The lowest BCUT2D eigenvalue weighted by molar-refractivity contribution is -0.143. The van der Waals surface area contributed by atoms with Crippen molar-refractivity contribution in [3.05, 3.63) is 77.1 Å². The number of rotatable bonds is 25. The molecule has 93 heavy (non-hydrogen) atoms. The van der Waals surface area contributed by atoms with Gasteiger partial charge in [0.2, 0.25) is 41.4 Å². The van der Waals surface area contributed by atoms with E-state index in [9.17, 15) is 33.6 Å². The van der Waals surface area contributed by atoms with Crippen LogP contribution >= 0.6 is 0 Å². The number of carbonyl (C=O) groups excluding carboxylic acids is 7. The second-order valence-electron chi connectivity index (χ2n) is 27.9. The van der Waals surface area contributed by atoms with Gasteiger partial charge in [0.05, 0.1) is 36.4 Å². The summed E-state index contributed by atoms with van der Waals surface area (Å²) < 4.78 is 31.3. The first-order chi connectivity index (χ1) is 44.8. The Bertz CT molecular complexity index is 3090. The van der Waals surface area contributed by atoms with E-state index in [4.69, 9.17) is 0 Å². The number of likely N-dealkylation sites (tertiary alicyclic amines) is 2. The van der Waals surface area contributed by atoms with Crippen LogP contribution in [0.1, 0.15) is 140 Å². The first-order valence-corrected chi connectivity index (χ1v) is 34.3. The van der Waals surface area contributed by atoms with Gasteiger partial charge in [-0.15, -0.1) is 0 Å². The molecular formula is C68H100F2N16O7. The number of piperidine rings is 2. The van der Waals surface area contributed by atoms with Gasteiger partial charge in [0, 0.05) is 122 Å². The van der Waals surface area contributed by atoms with Gasteiger partial charge in [-0.2, -0.15) is 0 Å². The lowest BCUT2D eigenvalue weighted by Gasteiger charge is -2.48. The predicted octanol–water partition coefficient (Wildman–Crippen LogP) is 3.74. The number of hydrogen-bond acceptors (Lipinski definition) is 16. The van der Waals surface area contributed by atoms with Gasteiger partial charge in [-0.05, 0) is 126 Å². The van der Waals surface area contributed by atoms with Crippen molar-refractivity contribution in [1.29, 1.82) is 0 Å². The molecule has 25 heteroatoms. The molecule has 7 aliphatic rings. The van der Waals surface area contributed by atoms with E-state index in [1.165, 1.54) is 24.0 Å². The molecule has 1 aromatic heterocycles. The molecular weight excluding hydrogens is 1190 g/mol. The SMILES string of the molecule is CN[C@@H](C)C(=O)N[C@H](C(=O)N1C[C@@H](NC(=O)CCC(=O)NCCN2CCN(CC(=O)NCCCNc3cc(N4CCC5(CC4)CN(c4cc(F)c(CN6CCC(C)(C)CC6)cc4F)CC(=O)N5)ncn3)CC2)C[C@H]1C(=O)NC1CCCc2ccccc21)C1CCCCC1. The minimum absolute atomic E-state index is 0.0250. The maximum Gasteiger partial charge on any atom is 0.246 e. The average Bonchev–Trinajstić information content (AvgIpc) is 1.84. The van der Waals surface area contributed by atoms with Crippen molar-refractivity contribution in [3.63, 3.8) is 0 Å². The topological polar surface area (TPSA) is 261 Å². The number of nitrogens with one attached hydrogen (secondary N) is 8. The van der Waals surface area contributed by atoms with E-state index in [1.54, 1.807) is 23.8 Å². The van der Waals surface area contributed by atoms with E-state index < -0.39 is 41.3 Å². The molecule has 508 valence electrons. The molecule has 6 fully saturated rings. The maximum absolute atomic E-state index is 15.8. The fourth-order valence-corrected chi connectivity index (χ4v) is 14.7. The monoisotopic (exact) mass is 1290 g/mol. The minimum Gasteiger partial charge on any atom is -0.370 e. The van der Waals surface area contributed by atoms with Gasteiger partial charge in [-0.3, -0.25) is 48.3 Å². The number of anilines is 3. The molecule has 6 heterocycles. The molecule has 5 aliphatic heterocycles. The summed E-state index contributed by atoms with van der Waals surface area (Å²) in [6.45, 7) is 15.1. The lowest BCUT2D eigenvalue weighted by atomic mass is 9.82. The number of piperazine rings is 2. The van der Waals surface area contributed by atoms with E-state index in [-0.39, 0.29) is 103 Å². The Hall–Kier alpha value is -7.09. The second kappa shape index (κ2) is 31.9. The van der Waals surface area contributed by atoms with Crippen LogP contribution in [0.4, 0.5) is 26.1 Å². The summed E-state index contributed by atoms with van der Waals surface area (Å²) in [5.41, 5.74) is 2.38. The molecule has 1 saturated carbocycles. The van der Waals surface area contributed by atoms with Gasteiger partial charge in [0.15, 0.2) is 0 Å². The summed E-state index contributed by atoms with van der Waals surface area (Å²) in [6.07, 6.45) is 12.7. The molecule has 0 radical (unpaired) electrons. The first-order valence-electron chi connectivity index (χ1n) is 34.3. The molecule has 10 rings (SSSR count). The van der Waals surface area contributed by atoms with Crippen molar-refractivity contribution in [1.82, 2.24) is 66.8 Å². The van der Waals surface area contributed by atoms with Gasteiger partial charge in [0.25, 0.3) is 0 Å². The predicted molar refractivity (Wildman–Crippen MR) is 352 cm³/mol. The number of halogens is 2. The van der Waals surface area contributed by atoms with E-state index in [0.29, 0.717) is 96.1 Å². The zero-order valence-electron chi connectivity index (χ0n) is 55.1. The van der Waals surface area contributed by atoms with Gasteiger partial charge < -0.3 is 57.2 Å². The normalized spacial score (nSPS) is 22.7. The average molecular weight is 1290 g/mol. The molecule has 5 saturated heterocycles. The van der Waals surface area contributed by atoms with E-state index in [2.05, 4.69) is 92.0 Å². The Morgan fingerprint density at radius 1 is 0.753 bits per heavy atom. The van der Waals surface area contributed by atoms with Gasteiger partial charge in [-0.1, -0.05) is 57.4 Å². The summed E-state index contributed by atoms with van der Waals surface area (Å²) >= 11 is 0. The van der Waals surface area contributed by atoms with Crippen molar-refractivity contribution in [2.75, 3.05) is 127 Å². The van der Waals surface area contributed by atoms with E-state index in [0.717, 1.165) is 102 Å². The minimum atomic E-state index is -0.864. The van der Waals surface area contributed by atoms with Crippen LogP contribution in [-0.4, -0.2) is 212 Å². The Labute approximate surface area is 546 Å². The van der Waals surface area contributed by atoms with E-state index >= 15 is 8.78 Å². The van der Waals surface area contributed by atoms with Crippen LogP contribution in [-0.2, 0) is 46.5 Å². The number of nitrogens with zero attached hydrogens (tertiary/aromatic N) is 8. The van der Waals surface area contributed by atoms with Crippen LogP contribution in [0.25, 0.3) is 0 Å². The van der Waals surface area contributed by atoms with Gasteiger partial charge in [-0.25, -0.2) is 18.7 Å². The number of likely N-dealkylation sites (N-methyl/N-ethyl adjacent to an activating group) is 1. The number of amides is 7. The van der Waals surface area contributed by atoms with Gasteiger partial charge in [0.1, 0.15) is 41.7 Å². The van der Waals surface area contributed by atoms with Crippen LogP contribution in [0.15, 0.2) is 48.8 Å². The Kier molecular flexibility index (Phi) is 23.6. The summed E-state index contributed by atoms with van der Waals surface area (Å²) in [7, 11) is 1.69. The van der Waals surface area contributed by atoms with Crippen LogP contribution in [0.2, 0.25) is 0 Å². The summed E-state index contributed by atoms with van der Waals surface area (Å²) in [5.74, 6) is -1.42. The highest BCUT2D eigenvalue weighted by atomic mass is 19.1. The van der Waals surface area contributed by atoms with Crippen LogP contribution in [0.5, 0.6) is 0 Å². The molecule has 5 atom stereocenters. The molecule has 8 N–H and O–H groups in total. The van der Waals surface area contributed by atoms with Crippen LogP contribution < -0.4 is 52.3 Å². The largest absolute Gasteiger partial charge is 0.370 e. The quantitative estimate of drug-likeness (QED) is 0.0562. The second-order valence-corrected chi connectivity index (χ2v) is 27.9. The third-order valence-electron chi connectivity index (χ3n) is 20.6. The first kappa shape index (κ1) is 68.8. The smallest absolute Gasteiger partial charge is 0.246 e. The summed E-state index contributed by atoms with van der Waals surface area (Å²) in [5, 5.41) is 24.8. The molecule has 2 aromatic carbocycles. The zero-order valence-corrected chi connectivity index (χ0v) is 55.1. The molecule has 7 amide bonds. The third-order valence-corrected chi connectivity index (χ3v) is 20.6. The van der Waals surface area contributed by atoms with E-state index in [1.807, 2.05) is 24.3 Å². The fraction of sp³-hybridized carbons (Fsp3) is 0.662. The standard InChI is InChI=1S/C68H100F2N16O7/c1-46(71-4)64(91)79-63(48-13-6-5-7-14-48)66(93)86-41-50(37-56(86)65(92)78-54-17-10-15-47-12-8-9-16-51(47)54)77-60(88)19-18-59(87)74-26-31-81-32-34-83(35-33-81)42-61(89)73-25-11-24-72-57-39-58(76-45-75-57)84-29-22-68(23-30-84)44-85(43-62(90)80-68)55-38-52(69)49(36-53(55)70)40-82-27-20-67(2,3)21-28-82/h8-9,12,16,36,38-39,45-46,48,50,54,56,63,71H,5-7,10-11,13-15,17-35,37,40-44H2,1-4H3,(H,73,89)(H,74,87)(H,77,88)(H,78,92)(H,79,91)(H,80,90)(H,72,75,76)/t46-,50-,54?,56-,63-/m0/s1. The molecule has 23 nitrogen and oxygen atoms in total. The molecule has 0 bridgehead atoms. The highest BCUT2D eigenvalue weighted by Gasteiger charge is 2.46. The number of carbonyl (C=O) groups is 7. The van der Waals surface area contributed by atoms with Crippen molar-refractivity contribution in [2.45, 2.75) is 166 Å². The molecule has 2 aliphatic carbocycles. The number of benzene rings is 2. The zero-order chi connectivity index (χ0) is 65.7. The summed E-state index contributed by atoms with van der Waals surface area (Å²) in [6, 6.07) is 9.62. The Balaban J connectivity index is 0.597. The number of hydrogen-bond donors (Lipinski definition) is 8. The van der Waals surface area contributed by atoms with Gasteiger partial charge >= 0.3 is 0 Å². The van der Waals surface area contributed by atoms with Crippen molar-refractivity contribution >= 4 is 58.7 Å². The van der Waals surface area contributed by atoms with Crippen molar-refractivity contribution in [3.8, 4) is 0 Å². The van der Waals surface area contributed by atoms with Crippen molar-refractivity contribution < 1.29 is 42.3 Å². The lowest BCUT2D eigenvalue weighted by Crippen LogP contribution is -2.66. The molecule has 1 unspecified atom stereocenters. The number of aryl methyl sites for hydroxylation is 1. The Morgan fingerprint density at radius 2 is 1.48 bits per heavy atom. The van der Waals surface area contributed by atoms with Crippen LogP contribution in [0.3, 0.4) is 0 Å². The highest BCUT2D eigenvalue weighted by Crippen LogP contribution is 2.36. The molecule has 1 spiro atoms. The number of fused-ring (bicyclic) bond motifs is 1.